The molecule has 0 N–H and O–H groups in total. The van der Waals surface area contributed by atoms with Crippen molar-refractivity contribution in [2.45, 2.75) is 33.7 Å². The average Bonchev–Trinajstić information content (AvgIpc) is 2.40. The SMILES string of the molecule is Cc1cc(C)c(C=NC(C)c2cccc(Cl)c2Cl)c(C)c1. The van der Waals surface area contributed by atoms with E-state index >= 15 is 0 Å². The fourth-order valence-corrected chi connectivity index (χ4v) is 2.97. The third-order valence-electron chi connectivity index (χ3n) is 3.60. The molecule has 2 aromatic carbocycles. The Morgan fingerprint density at radius 2 is 1.67 bits per heavy atom. The smallest absolute Gasteiger partial charge is 0.0736 e. The van der Waals surface area contributed by atoms with Gasteiger partial charge in [-0.2, -0.15) is 0 Å². The van der Waals surface area contributed by atoms with Crippen LogP contribution < -0.4 is 0 Å². The van der Waals surface area contributed by atoms with Crippen molar-refractivity contribution in [1.82, 2.24) is 0 Å². The number of aryl methyl sites for hydroxylation is 3. The highest BCUT2D eigenvalue weighted by Gasteiger charge is 2.10. The van der Waals surface area contributed by atoms with Crippen molar-refractivity contribution in [3.05, 3.63) is 68.2 Å². The molecule has 0 saturated carbocycles. The first-order valence-electron chi connectivity index (χ1n) is 6.95. The molecule has 0 radical (unpaired) electrons. The van der Waals surface area contributed by atoms with Crippen LogP contribution in [0.4, 0.5) is 0 Å². The Morgan fingerprint density at radius 3 is 2.29 bits per heavy atom. The first kappa shape index (κ1) is 16.1. The van der Waals surface area contributed by atoms with E-state index in [1.54, 1.807) is 6.07 Å². The van der Waals surface area contributed by atoms with E-state index in [1.165, 1.54) is 22.3 Å². The van der Waals surface area contributed by atoms with Crippen LogP contribution in [0.15, 0.2) is 35.3 Å². The van der Waals surface area contributed by atoms with Crippen LogP contribution in [0.3, 0.4) is 0 Å². The summed E-state index contributed by atoms with van der Waals surface area (Å²) in [5.41, 5.74) is 5.86. The zero-order valence-corrected chi connectivity index (χ0v) is 14.3. The van der Waals surface area contributed by atoms with Crippen molar-refractivity contribution in [1.29, 1.82) is 0 Å². The van der Waals surface area contributed by atoms with Gasteiger partial charge in [-0.15, -0.1) is 0 Å². The molecule has 0 aliphatic carbocycles. The number of rotatable bonds is 3. The highest BCUT2D eigenvalue weighted by atomic mass is 35.5. The second kappa shape index (κ2) is 6.64. The molecule has 3 heteroatoms. The second-order valence-electron chi connectivity index (χ2n) is 5.41. The largest absolute Gasteiger partial charge is 0.285 e. The minimum absolute atomic E-state index is 0.0312. The zero-order valence-electron chi connectivity index (χ0n) is 12.7. The van der Waals surface area contributed by atoms with E-state index in [2.05, 4.69) is 37.9 Å². The second-order valence-corrected chi connectivity index (χ2v) is 6.19. The Bertz CT molecular complexity index is 667. The van der Waals surface area contributed by atoms with E-state index in [4.69, 9.17) is 23.2 Å². The molecule has 0 fully saturated rings. The minimum atomic E-state index is -0.0312. The van der Waals surface area contributed by atoms with E-state index in [1.807, 2.05) is 25.3 Å². The number of hydrogen-bond donors (Lipinski definition) is 0. The van der Waals surface area contributed by atoms with Crippen LogP contribution in [-0.4, -0.2) is 6.21 Å². The quantitative estimate of drug-likeness (QED) is 0.606. The summed E-state index contributed by atoms with van der Waals surface area (Å²) in [4.78, 5) is 4.65. The topological polar surface area (TPSA) is 12.4 Å². The third kappa shape index (κ3) is 3.66. The summed E-state index contributed by atoms with van der Waals surface area (Å²) < 4.78 is 0. The maximum Gasteiger partial charge on any atom is 0.0736 e. The molecule has 110 valence electrons. The number of hydrogen-bond acceptors (Lipinski definition) is 1. The Labute approximate surface area is 136 Å². The predicted octanol–water partition coefficient (Wildman–Crippen LogP) is 6.10. The monoisotopic (exact) mass is 319 g/mol. The molecule has 1 unspecified atom stereocenters. The van der Waals surface area contributed by atoms with Crippen molar-refractivity contribution < 1.29 is 0 Å². The van der Waals surface area contributed by atoms with Crippen molar-refractivity contribution in [2.24, 2.45) is 4.99 Å². The van der Waals surface area contributed by atoms with Crippen LogP contribution in [0, 0.1) is 20.8 Å². The lowest BCUT2D eigenvalue weighted by Crippen LogP contribution is -1.97. The summed E-state index contributed by atoms with van der Waals surface area (Å²) in [6.45, 7) is 8.35. The van der Waals surface area contributed by atoms with E-state index < -0.39 is 0 Å². The summed E-state index contributed by atoms with van der Waals surface area (Å²) >= 11 is 12.3. The lowest BCUT2D eigenvalue weighted by molar-refractivity contribution is 0.825. The fourth-order valence-electron chi connectivity index (χ4n) is 2.50. The van der Waals surface area contributed by atoms with Crippen LogP contribution >= 0.6 is 23.2 Å². The van der Waals surface area contributed by atoms with Crippen molar-refractivity contribution >= 4 is 29.4 Å². The van der Waals surface area contributed by atoms with Crippen molar-refractivity contribution in [3.63, 3.8) is 0 Å². The standard InChI is InChI=1S/C18H19Cl2N/c1-11-8-12(2)16(13(3)9-11)10-21-14(4)15-6-5-7-17(19)18(15)20/h5-10,14H,1-4H3. The van der Waals surface area contributed by atoms with Crippen LogP contribution in [0.1, 0.15) is 40.8 Å². The van der Waals surface area contributed by atoms with Gasteiger partial charge >= 0.3 is 0 Å². The molecule has 2 rings (SSSR count). The van der Waals surface area contributed by atoms with E-state index in [-0.39, 0.29) is 6.04 Å². The van der Waals surface area contributed by atoms with Gasteiger partial charge in [0.25, 0.3) is 0 Å². The van der Waals surface area contributed by atoms with Gasteiger partial charge in [0.1, 0.15) is 0 Å². The Hall–Kier alpha value is -1.31. The van der Waals surface area contributed by atoms with Gasteiger partial charge in [-0.05, 0) is 56.0 Å². The molecule has 0 aromatic heterocycles. The van der Waals surface area contributed by atoms with E-state index in [9.17, 15) is 0 Å². The Kier molecular flexibility index (Phi) is 5.08. The summed E-state index contributed by atoms with van der Waals surface area (Å²) in [5.74, 6) is 0. The number of halogens is 2. The zero-order chi connectivity index (χ0) is 15.6. The third-order valence-corrected chi connectivity index (χ3v) is 4.43. The van der Waals surface area contributed by atoms with Crippen LogP contribution in [0.2, 0.25) is 10.0 Å². The van der Waals surface area contributed by atoms with E-state index in [0.29, 0.717) is 10.0 Å². The number of benzene rings is 2. The molecular weight excluding hydrogens is 301 g/mol. The molecule has 0 amide bonds. The first-order valence-corrected chi connectivity index (χ1v) is 7.70. The maximum atomic E-state index is 6.25. The lowest BCUT2D eigenvalue weighted by atomic mass is 10.0. The predicted molar refractivity (Wildman–Crippen MR) is 93.1 cm³/mol. The number of aliphatic imine (C=N–C) groups is 1. The van der Waals surface area contributed by atoms with Crippen LogP contribution in [0.25, 0.3) is 0 Å². The highest BCUT2D eigenvalue weighted by molar-refractivity contribution is 6.42. The van der Waals surface area contributed by atoms with Gasteiger partial charge in [0, 0.05) is 6.21 Å². The minimum Gasteiger partial charge on any atom is -0.285 e. The molecule has 0 spiro atoms. The van der Waals surface area contributed by atoms with Crippen molar-refractivity contribution in [2.75, 3.05) is 0 Å². The van der Waals surface area contributed by atoms with Gasteiger partial charge in [0.15, 0.2) is 0 Å². The van der Waals surface area contributed by atoms with Gasteiger partial charge in [-0.25, -0.2) is 0 Å². The molecule has 1 nitrogen and oxygen atoms in total. The summed E-state index contributed by atoms with van der Waals surface area (Å²) in [7, 11) is 0. The van der Waals surface area contributed by atoms with E-state index in [0.717, 1.165) is 5.56 Å². The molecule has 2 aromatic rings. The summed E-state index contributed by atoms with van der Waals surface area (Å²) in [6, 6.07) is 9.97. The van der Waals surface area contributed by atoms with Gasteiger partial charge in [-0.3, -0.25) is 4.99 Å². The number of nitrogens with zero attached hydrogens (tertiary/aromatic N) is 1. The molecule has 0 aliphatic rings. The molecule has 0 heterocycles. The molecule has 0 saturated heterocycles. The summed E-state index contributed by atoms with van der Waals surface area (Å²) in [5, 5.41) is 1.15. The molecule has 0 aliphatic heterocycles. The first-order chi connectivity index (χ1) is 9.90. The molecule has 0 bridgehead atoms. The molecular formula is C18H19Cl2N. The van der Waals surface area contributed by atoms with Crippen LogP contribution in [-0.2, 0) is 0 Å². The van der Waals surface area contributed by atoms with Crippen molar-refractivity contribution in [3.8, 4) is 0 Å². The highest BCUT2D eigenvalue weighted by Crippen LogP contribution is 2.31. The maximum absolute atomic E-state index is 6.25. The van der Waals surface area contributed by atoms with Gasteiger partial charge in [0.05, 0.1) is 16.1 Å². The van der Waals surface area contributed by atoms with Gasteiger partial charge in [-0.1, -0.05) is 53.0 Å². The molecule has 1 atom stereocenters. The Balaban J connectivity index is 2.31. The van der Waals surface area contributed by atoms with Gasteiger partial charge < -0.3 is 0 Å². The van der Waals surface area contributed by atoms with Crippen LogP contribution in [0.5, 0.6) is 0 Å². The summed E-state index contributed by atoms with van der Waals surface area (Å²) in [6.07, 6.45) is 1.94. The average molecular weight is 320 g/mol. The van der Waals surface area contributed by atoms with Gasteiger partial charge in [0.2, 0.25) is 0 Å². The lowest BCUT2D eigenvalue weighted by Gasteiger charge is -2.11. The normalized spacial score (nSPS) is 12.9. The fraction of sp³-hybridized carbons (Fsp3) is 0.278. The Morgan fingerprint density at radius 1 is 1.05 bits per heavy atom. The molecule has 21 heavy (non-hydrogen) atoms.